The van der Waals surface area contributed by atoms with Crippen LogP contribution in [0.3, 0.4) is 0 Å². The Hall–Kier alpha value is -6.25. The number of nitrogens with zero attached hydrogens (tertiary/aromatic N) is 4. The van der Waals surface area contributed by atoms with Crippen LogP contribution < -0.4 is 5.32 Å². The first kappa shape index (κ1) is 65.7. The van der Waals surface area contributed by atoms with Crippen molar-refractivity contribution in [1.82, 2.24) is 5.32 Å². The monoisotopic (exact) mass is 1210 g/mol. The topological polar surface area (TPSA) is 164 Å². The number of nitriles is 1. The molecule has 6 aliphatic heterocycles. The van der Waals surface area contributed by atoms with Gasteiger partial charge in [0.05, 0.1) is 117 Å². The van der Waals surface area contributed by atoms with Crippen molar-refractivity contribution in [3.05, 3.63) is 179 Å². The van der Waals surface area contributed by atoms with Crippen LogP contribution in [0.25, 0.3) is 0 Å². The van der Waals surface area contributed by atoms with E-state index in [0.29, 0.717) is 78.2 Å². The molecule has 0 bridgehead atoms. The molecule has 3 saturated heterocycles. The van der Waals surface area contributed by atoms with Crippen molar-refractivity contribution in [2.24, 2.45) is 36.6 Å². The summed E-state index contributed by atoms with van der Waals surface area (Å²) in [6.45, 7) is 29.4. The number of ether oxygens (including phenoxy) is 8. The fraction of sp³-hybridized carbons (Fsp3) is 0.533. The zero-order valence-corrected chi connectivity index (χ0v) is 54.8. The highest BCUT2D eigenvalue weighted by Gasteiger charge is 2.60. The molecule has 6 aliphatic rings. The van der Waals surface area contributed by atoms with E-state index in [0.717, 1.165) is 56.5 Å². The lowest BCUT2D eigenvalue weighted by atomic mass is 9.65. The van der Waals surface area contributed by atoms with Gasteiger partial charge in [-0.1, -0.05) is 149 Å². The van der Waals surface area contributed by atoms with E-state index >= 15 is 0 Å². The number of carbonyl (C=O) groups is 1. The van der Waals surface area contributed by atoms with E-state index in [2.05, 4.69) is 140 Å². The number of nitrogens with one attached hydrogen (secondary N) is 1. The summed E-state index contributed by atoms with van der Waals surface area (Å²) in [5.41, 5.74) is 4.20. The number of amides is 1. The van der Waals surface area contributed by atoms with Crippen molar-refractivity contribution < 1.29 is 42.7 Å². The molecule has 89 heavy (non-hydrogen) atoms. The van der Waals surface area contributed by atoms with Crippen LogP contribution in [-0.4, -0.2) is 102 Å². The van der Waals surface area contributed by atoms with Crippen LogP contribution >= 0.6 is 0 Å². The first-order chi connectivity index (χ1) is 42.2. The van der Waals surface area contributed by atoms with Crippen molar-refractivity contribution in [2.45, 2.75) is 221 Å². The number of hydrogen-bond acceptors (Lipinski definition) is 13. The molecule has 474 valence electrons. The number of rotatable bonds is 21. The fourth-order valence-electron chi connectivity index (χ4n) is 13.4. The molecular weight excluding hydrogens is 1110 g/mol. The minimum Gasteiger partial charge on any atom is -0.375 e. The minimum atomic E-state index is -1.18. The smallest absolute Gasteiger partial charge is 0.225 e. The fourth-order valence-corrected chi connectivity index (χ4v) is 13.4. The van der Waals surface area contributed by atoms with Gasteiger partial charge in [0, 0.05) is 83.0 Å². The first-order valence-electron chi connectivity index (χ1n) is 32.1. The molecule has 14 heteroatoms. The lowest BCUT2D eigenvalue weighted by Crippen LogP contribution is -2.59. The predicted molar refractivity (Wildman–Crippen MR) is 349 cm³/mol. The second-order valence-electron chi connectivity index (χ2n) is 29.0. The Bertz CT molecular complexity index is 3350. The normalized spacial score (nSPS) is 33.8. The molecule has 13 atom stereocenters. The summed E-state index contributed by atoms with van der Waals surface area (Å²) in [5.74, 6) is -0.0555. The molecule has 0 aromatic heterocycles. The number of benzene rings is 4. The third-order valence-corrected chi connectivity index (χ3v) is 19.0. The number of allylic oxidation sites excluding steroid dienone is 4. The highest BCUT2D eigenvalue weighted by atomic mass is 16.6. The van der Waals surface area contributed by atoms with Crippen molar-refractivity contribution in [2.75, 3.05) is 13.2 Å². The zero-order valence-electron chi connectivity index (χ0n) is 54.8. The summed E-state index contributed by atoms with van der Waals surface area (Å²) in [4.78, 5) is 29.9. The summed E-state index contributed by atoms with van der Waals surface area (Å²) in [6.07, 6.45) is 6.37. The minimum absolute atomic E-state index is 0.0555. The third kappa shape index (κ3) is 15.6. The second kappa shape index (κ2) is 26.9. The molecule has 10 rings (SSSR count). The van der Waals surface area contributed by atoms with Crippen LogP contribution in [0.2, 0.25) is 0 Å². The van der Waals surface area contributed by atoms with Gasteiger partial charge in [0.1, 0.15) is 0 Å². The van der Waals surface area contributed by atoms with Gasteiger partial charge in [-0.25, -0.2) is 0 Å². The van der Waals surface area contributed by atoms with Crippen LogP contribution in [-0.2, 0) is 69.1 Å². The highest BCUT2D eigenvalue weighted by molar-refractivity contribution is 6.06. The second-order valence-corrected chi connectivity index (χ2v) is 29.0. The van der Waals surface area contributed by atoms with E-state index in [1.807, 2.05) is 100 Å². The Morgan fingerprint density at radius 3 is 1.48 bits per heavy atom. The van der Waals surface area contributed by atoms with Crippen molar-refractivity contribution in [3.8, 4) is 6.07 Å². The van der Waals surface area contributed by atoms with Crippen LogP contribution in [0, 0.1) is 33.0 Å². The Balaban J connectivity index is 1.02. The van der Waals surface area contributed by atoms with Gasteiger partial charge in [-0.05, 0) is 103 Å². The molecule has 1 N–H and O–H groups in total. The third-order valence-electron chi connectivity index (χ3n) is 19.0. The number of aliphatic imine (C=N–C) groups is 3. The lowest BCUT2D eigenvalue weighted by molar-refractivity contribution is -0.230. The Kier molecular flexibility index (Phi) is 19.9. The molecule has 1 amide bonds. The summed E-state index contributed by atoms with van der Waals surface area (Å²) in [5, 5.41) is 14.5. The maximum atomic E-state index is 13.4. The number of carbonyl (C=O) groups excluding carboxylic acids is 1. The summed E-state index contributed by atoms with van der Waals surface area (Å²) >= 11 is 0. The van der Waals surface area contributed by atoms with Gasteiger partial charge in [-0.15, -0.1) is 0 Å². The van der Waals surface area contributed by atoms with Crippen LogP contribution in [0.1, 0.15) is 151 Å². The lowest BCUT2D eigenvalue weighted by Gasteiger charge is -2.49. The number of hydrogen-bond donors (Lipinski definition) is 1. The largest absolute Gasteiger partial charge is 0.375 e. The molecule has 0 spiro atoms. The molecule has 4 aromatic rings. The van der Waals surface area contributed by atoms with Gasteiger partial charge >= 0.3 is 0 Å². The molecule has 3 fully saturated rings. The summed E-state index contributed by atoms with van der Waals surface area (Å²) < 4.78 is 54.9. The maximum Gasteiger partial charge on any atom is 0.225 e. The van der Waals surface area contributed by atoms with Crippen LogP contribution in [0.15, 0.2) is 172 Å². The van der Waals surface area contributed by atoms with E-state index in [-0.39, 0.29) is 30.3 Å². The van der Waals surface area contributed by atoms with Crippen molar-refractivity contribution in [1.29, 1.82) is 5.26 Å². The van der Waals surface area contributed by atoms with E-state index < -0.39 is 62.8 Å². The van der Waals surface area contributed by atoms with Gasteiger partial charge in [-0.3, -0.25) is 19.8 Å². The molecule has 3 unspecified atom stereocenters. The van der Waals surface area contributed by atoms with Crippen LogP contribution in [0.5, 0.6) is 0 Å². The van der Waals surface area contributed by atoms with E-state index in [4.69, 9.17) is 52.9 Å². The zero-order chi connectivity index (χ0) is 63.4. The highest BCUT2D eigenvalue weighted by Crippen LogP contribution is 2.53. The molecule has 0 aliphatic carbocycles. The average molecular weight is 1210 g/mol. The van der Waals surface area contributed by atoms with Gasteiger partial charge in [-0.2, -0.15) is 5.26 Å². The van der Waals surface area contributed by atoms with E-state index in [1.165, 1.54) is 0 Å². The SMILES string of the molecule is C[C@H]1O[C@@H]([C@@]2(C)CC(C=C3NC(=O)CC3(C)COC(C)(C)C)=N/C2=C\C2=NC(=C\C3=NC(C)(C#N)[C@@](C)([C@@H]4O[C@H](C)[C@H](OCc5ccccc5)C[C@H]4OCc4ccccc4)C3)/CC2(C)COC(C)(C)C)[C@H](OCc2ccccc2)C[C@H]1OCc1ccccc1. The predicted octanol–water partition coefficient (Wildman–Crippen LogP) is 14.3. The Morgan fingerprint density at radius 1 is 0.562 bits per heavy atom. The van der Waals surface area contributed by atoms with Gasteiger partial charge in [0.25, 0.3) is 0 Å². The summed E-state index contributed by atoms with van der Waals surface area (Å²) in [6, 6.07) is 43.5. The molecule has 0 saturated carbocycles. The van der Waals surface area contributed by atoms with E-state index in [9.17, 15) is 10.1 Å². The molecule has 0 radical (unpaired) electrons. The molecular formula is C75H95N5O9. The Morgan fingerprint density at radius 2 is 1.01 bits per heavy atom. The standard InChI is InChI=1S/C75H95N5O9/c1-50-59(82-43-52-26-18-14-19-27-52)36-61(84-45-54-30-22-16-23-31-54)67(88-50)73(11)40-57(35-63-72(10,42-66(81)79-63)49-87-70(6,7)8)78-65(73)38-64-71(9,48-86-69(3,4)5)39-56(77-64)34-58-41-74(12,75(13,47-76)80-58)68-62(85-46-55-32-24-17-25-33-55)37-60(51(2)89-68)83-44-53-28-20-15-21-29-53/h14-35,38,50-51,59-62,67-68H,36-37,39-46,48-49H2,1-13H3,(H,79,81)/b56-34-,63-35?,65-38-/t50-,51-,59-,60-,61-,62-,67-,68-,71?,72?,73+,74-,75?/m1/s1. The average Bonchev–Trinajstić information content (AvgIpc) is 1.67. The quantitative estimate of drug-likeness (QED) is 0.0849. The molecule has 4 aromatic carbocycles. The molecule has 14 nitrogen and oxygen atoms in total. The van der Waals surface area contributed by atoms with Crippen LogP contribution in [0.4, 0.5) is 0 Å². The molecule has 6 heterocycles. The van der Waals surface area contributed by atoms with Gasteiger partial charge < -0.3 is 43.2 Å². The van der Waals surface area contributed by atoms with Gasteiger partial charge in [0.2, 0.25) is 5.91 Å². The van der Waals surface area contributed by atoms with E-state index in [1.54, 1.807) is 0 Å². The van der Waals surface area contributed by atoms with Crippen molar-refractivity contribution >= 4 is 23.0 Å². The Labute approximate surface area is 529 Å². The maximum absolute atomic E-state index is 13.4. The first-order valence-corrected chi connectivity index (χ1v) is 32.1. The van der Waals surface area contributed by atoms with Gasteiger partial charge in [0.15, 0.2) is 5.54 Å². The van der Waals surface area contributed by atoms with Crippen molar-refractivity contribution in [3.63, 3.8) is 0 Å². The summed E-state index contributed by atoms with van der Waals surface area (Å²) in [7, 11) is 0.